The van der Waals surface area contributed by atoms with Gasteiger partial charge in [0, 0.05) is 37.9 Å². The average Bonchev–Trinajstić information content (AvgIpc) is 3.30. The van der Waals surface area contributed by atoms with Crippen molar-refractivity contribution in [3.8, 4) is 0 Å². The Balaban J connectivity index is 1.54. The van der Waals surface area contributed by atoms with Crippen LogP contribution in [0.2, 0.25) is 0 Å². The van der Waals surface area contributed by atoms with Gasteiger partial charge in [-0.15, -0.1) is 0 Å². The fourth-order valence-corrected chi connectivity index (χ4v) is 3.59. The van der Waals surface area contributed by atoms with Crippen LogP contribution < -0.4 is 20.9 Å². The summed E-state index contributed by atoms with van der Waals surface area (Å²) in [5.74, 6) is 1.18. The molecule has 31 heavy (non-hydrogen) atoms. The van der Waals surface area contributed by atoms with E-state index >= 15 is 0 Å². The normalized spacial score (nSPS) is 14.9. The lowest BCUT2D eigenvalue weighted by atomic mass is 10.1. The van der Waals surface area contributed by atoms with E-state index in [0.29, 0.717) is 24.7 Å². The number of carbonyl (C=O) groups is 1. The molecule has 1 unspecified atom stereocenters. The van der Waals surface area contributed by atoms with Crippen LogP contribution in [-0.4, -0.2) is 43.0 Å². The van der Waals surface area contributed by atoms with Crippen molar-refractivity contribution in [2.24, 2.45) is 4.99 Å². The molecular formula is C24H34N6O. The lowest BCUT2D eigenvalue weighted by Gasteiger charge is -2.22. The van der Waals surface area contributed by atoms with Gasteiger partial charge in [-0.3, -0.25) is 9.79 Å². The molecule has 0 spiro atoms. The Morgan fingerprint density at radius 3 is 2.74 bits per heavy atom. The van der Waals surface area contributed by atoms with Gasteiger partial charge in [-0.2, -0.15) is 0 Å². The maximum Gasteiger partial charge on any atom is 0.227 e. The minimum Gasteiger partial charge on any atom is -0.372 e. The van der Waals surface area contributed by atoms with Crippen LogP contribution in [0.4, 0.5) is 11.5 Å². The maximum atomic E-state index is 12.2. The van der Waals surface area contributed by atoms with Gasteiger partial charge in [-0.05, 0) is 62.9 Å². The van der Waals surface area contributed by atoms with E-state index in [1.165, 1.54) is 24.1 Å². The molecule has 0 aliphatic carbocycles. The highest BCUT2D eigenvalue weighted by molar-refractivity contribution is 5.90. The molecule has 3 N–H and O–H groups in total. The maximum absolute atomic E-state index is 12.2. The highest BCUT2D eigenvalue weighted by Gasteiger charge is 2.14. The lowest BCUT2D eigenvalue weighted by molar-refractivity contribution is -0.116. The molecular weight excluding hydrogens is 388 g/mol. The fraction of sp³-hybridized carbons (Fsp3) is 0.458. The molecule has 2 aromatic rings. The molecule has 1 atom stereocenters. The predicted molar refractivity (Wildman–Crippen MR) is 128 cm³/mol. The highest BCUT2D eigenvalue weighted by atomic mass is 16.1. The second-order valence-electron chi connectivity index (χ2n) is 7.93. The fourth-order valence-electron chi connectivity index (χ4n) is 3.59. The van der Waals surface area contributed by atoms with E-state index in [9.17, 15) is 4.79 Å². The summed E-state index contributed by atoms with van der Waals surface area (Å²) in [5.41, 5.74) is 3.56. The van der Waals surface area contributed by atoms with Gasteiger partial charge in [0.05, 0.1) is 12.6 Å². The standard InChI is InChI=1S/C24H34N6O/c1-4-25-24(26-13-12-23(31)29-22-11-10-18(2)17-27-22)28-19(3)20-8-7-9-21(16-20)30-14-5-6-15-30/h7-11,16-17,19H,4-6,12-15H2,1-3H3,(H2,25,26,28)(H,27,29,31). The molecule has 1 aromatic carbocycles. The van der Waals surface area contributed by atoms with Crippen molar-refractivity contribution in [3.05, 3.63) is 53.7 Å². The van der Waals surface area contributed by atoms with Crippen LogP contribution in [0.5, 0.6) is 0 Å². The molecule has 0 saturated carbocycles. The van der Waals surface area contributed by atoms with Crippen LogP contribution in [0.1, 0.15) is 50.3 Å². The van der Waals surface area contributed by atoms with Crippen molar-refractivity contribution in [1.82, 2.24) is 15.6 Å². The first-order chi connectivity index (χ1) is 15.0. The van der Waals surface area contributed by atoms with Crippen LogP contribution in [-0.2, 0) is 4.79 Å². The Bertz CT molecular complexity index is 874. The quantitative estimate of drug-likeness (QED) is 0.447. The van der Waals surface area contributed by atoms with E-state index in [-0.39, 0.29) is 11.9 Å². The van der Waals surface area contributed by atoms with E-state index in [1.54, 1.807) is 12.3 Å². The SMILES string of the molecule is CCNC(=NCCC(=O)Nc1ccc(C)cn1)NC(C)c1cccc(N2CCCC2)c1. The largest absolute Gasteiger partial charge is 0.372 e. The van der Waals surface area contributed by atoms with Crippen molar-refractivity contribution in [2.75, 3.05) is 36.4 Å². The van der Waals surface area contributed by atoms with E-state index < -0.39 is 0 Å². The molecule has 0 radical (unpaired) electrons. The second kappa shape index (κ2) is 11.3. The molecule has 7 heteroatoms. The molecule has 0 bridgehead atoms. The zero-order valence-electron chi connectivity index (χ0n) is 18.8. The lowest BCUT2D eigenvalue weighted by Crippen LogP contribution is -2.39. The number of aryl methyl sites for hydroxylation is 1. The highest BCUT2D eigenvalue weighted by Crippen LogP contribution is 2.23. The van der Waals surface area contributed by atoms with Gasteiger partial charge in [0.1, 0.15) is 5.82 Å². The van der Waals surface area contributed by atoms with Gasteiger partial charge in [-0.1, -0.05) is 18.2 Å². The first-order valence-electron chi connectivity index (χ1n) is 11.2. The van der Waals surface area contributed by atoms with Gasteiger partial charge in [0.25, 0.3) is 0 Å². The number of pyridine rings is 1. The number of nitrogens with zero attached hydrogens (tertiary/aromatic N) is 3. The van der Waals surface area contributed by atoms with E-state index in [4.69, 9.17) is 0 Å². The van der Waals surface area contributed by atoms with Crippen LogP contribution in [0.3, 0.4) is 0 Å². The Morgan fingerprint density at radius 2 is 2.03 bits per heavy atom. The number of benzene rings is 1. The molecule has 7 nitrogen and oxygen atoms in total. The summed E-state index contributed by atoms with van der Waals surface area (Å²) in [4.78, 5) is 23.4. The third kappa shape index (κ3) is 6.98. The van der Waals surface area contributed by atoms with Crippen molar-refractivity contribution < 1.29 is 4.79 Å². The van der Waals surface area contributed by atoms with Crippen molar-refractivity contribution in [1.29, 1.82) is 0 Å². The number of hydrogen-bond donors (Lipinski definition) is 3. The smallest absolute Gasteiger partial charge is 0.227 e. The molecule has 1 fully saturated rings. The molecule has 1 saturated heterocycles. The topological polar surface area (TPSA) is 81.6 Å². The first-order valence-corrected chi connectivity index (χ1v) is 11.2. The summed E-state index contributed by atoms with van der Waals surface area (Å²) in [7, 11) is 0. The Morgan fingerprint density at radius 1 is 1.23 bits per heavy atom. The zero-order chi connectivity index (χ0) is 22.1. The molecule has 1 aliphatic heterocycles. The number of carbonyl (C=O) groups excluding carboxylic acids is 1. The van der Waals surface area contributed by atoms with Crippen molar-refractivity contribution in [3.63, 3.8) is 0 Å². The first kappa shape index (κ1) is 22.6. The van der Waals surface area contributed by atoms with Crippen molar-refractivity contribution >= 4 is 23.4 Å². The summed E-state index contributed by atoms with van der Waals surface area (Å²) in [5, 5.41) is 9.53. The van der Waals surface area contributed by atoms with Gasteiger partial charge >= 0.3 is 0 Å². The van der Waals surface area contributed by atoms with Gasteiger partial charge in [0.2, 0.25) is 5.91 Å². The Kier molecular flexibility index (Phi) is 8.27. The minimum absolute atomic E-state index is 0.0951. The number of guanidine groups is 1. The Labute approximate surface area is 185 Å². The summed E-state index contributed by atoms with van der Waals surface area (Å²) < 4.78 is 0. The molecule has 1 aromatic heterocycles. The summed E-state index contributed by atoms with van der Waals surface area (Å²) in [6.45, 7) is 9.55. The summed E-state index contributed by atoms with van der Waals surface area (Å²) >= 11 is 0. The number of hydrogen-bond acceptors (Lipinski definition) is 4. The number of rotatable bonds is 8. The average molecular weight is 423 g/mol. The second-order valence-corrected chi connectivity index (χ2v) is 7.93. The van der Waals surface area contributed by atoms with E-state index in [0.717, 1.165) is 25.2 Å². The van der Waals surface area contributed by atoms with Crippen molar-refractivity contribution in [2.45, 2.75) is 46.1 Å². The molecule has 1 aliphatic rings. The number of aromatic nitrogens is 1. The van der Waals surface area contributed by atoms with Gasteiger partial charge in [-0.25, -0.2) is 4.98 Å². The monoisotopic (exact) mass is 422 g/mol. The number of aliphatic imine (C=N–C) groups is 1. The van der Waals surface area contributed by atoms with E-state index in [1.807, 2.05) is 19.9 Å². The Hall–Kier alpha value is -3.09. The predicted octanol–water partition coefficient (Wildman–Crippen LogP) is 3.64. The van der Waals surface area contributed by atoms with Crippen LogP contribution in [0.15, 0.2) is 47.6 Å². The van der Waals surface area contributed by atoms with Crippen LogP contribution >= 0.6 is 0 Å². The van der Waals surface area contributed by atoms with Gasteiger partial charge < -0.3 is 20.9 Å². The van der Waals surface area contributed by atoms with Gasteiger partial charge in [0.15, 0.2) is 5.96 Å². The summed E-state index contributed by atoms with van der Waals surface area (Å²) in [6, 6.07) is 12.5. The van der Waals surface area contributed by atoms with Crippen LogP contribution in [0, 0.1) is 6.92 Å². The number of nitrogens with one attached hydrogen (secondary N) is 3. The number of anilines is 2. The zero-order valence-corrected chi connectivity index (χ0v) is 18.8. The van der Waals surface area contributed by atoms with E-state index in [2.05, 4.69) is 62.0 Å². The molecule has 1 amide bonds. The molecule has 2 heterocycles. The molecule has 3 rings (SSSR count). The third-order valence-corrected chi connectivity index (χ3v) is 5.33. The third-order valence-electron chi connectivity index (χ3n) is 5.33. The number of amides is 1. The minimum atomic E-state index is -0.0951. The summed E-state index contributed by atoms with van der Waals surface area (Å²) in [6.07, 6.45) is 4.57. The molecule has 166 valence electrons. The van der Waals surface area contributed by atoms with Crippen LogP contribution in [0.25, 0.3) is 0 Å².